The molecule has 0 unspecified atom stereocenters. The zero-order valence-electron chi connectivity index (χ0n) is 21.4. The predicted molar refractivity (Wildman–Crippen MR) is 151 cm³/mol. The SMILES string of the molecule is O=c1cc(CSc2nnc(-c3cccc(S(=O)(=O)N4CCOCC4)c3)n2C2CCCCCC2)nc2sccn12. The Morgan fingerprint density at radius 3 is 2.64 bits per heavy atom. The van der Waals surface area contributed by atoms with Gasteiger partial charge in [-0.25, -0.2) is 13.4 Å². The lowest BCUT2D eigenvalue weighted by molar-refractivity contribution is 0.0730. The molecule has 2 aliphatic rings. The van der Waals surface area contributed by atoms with Crippen LogP contribution in [0.25, 0.3) is 16.3 Å². The monoisotopic (exact) mass is 586 g/mol. The lowest BCUT2D eigenvalue weighted by Crippen LogP contribution is -2.40. The van der Waals surface area contributed by atoms with Crippen molar-refractivity contribution in [2.75, 3.05) is 26.3 Å². The lowest BCUT2D eigenvalue weighted by atomic mass is 10.1. The van der Waals surface area contributed by atoms with E-state index in [4.69, 9.17) is 4.74 Å². The lowest BCUT2D eigenvalue weighted by Gasteiger charge is -2.26. The van der Waals surface area contributed by atoms with Gasteiger partial charge in [0.2, 0.25) is 10.0 Å². The van der Waals surface area contributed by atoms with Gasteiger partial charge in [0.1, 0.15) is 0 Å². The van der Waals surface area contributed by atoms with Crippen LogP contribution in [-0.2, 0) is 20.5 Å². The molecule has 39 heavy (non-hydrogen) atoms. The average Bonchev–Trinajstić information content (AvgIpc) is 3.52. The van der Waals surface area contributed by atoms with Gasteiger partial charge in [-0.1, -0.05) is 49.6 Å². The molecule has 0 N–H and O–H groups in total. The summed E-state index contributed by atoms with van der Waals surface area (Å²) in [4.78, 5) is 18.0. The van der Waals surface area contributed by atoms with Crippen LogP contribution in [-0.4, -0.2) is 63.2 Å². The zero-order valence-corrected chi connectivity index (χ0v) is 23.9. The first kappa shape index (κ1) is 26.6. The topological polar surface area (TPSA) is 112 Å². The van der Waals surface area contributed by atoms with E-state index in [2.05, 4.69) is 19.7 Å². The number of morpholine rings is 1. The van der Waals surface area contributed by atoms with Crippen LogP contribution in [0, 0.1) is 0 Å². The number of thioether (sulfide) groups is 1. The van der Waals surface area contributed by atoms with Crippen molar-refractivity contribution in [1.29, 1.82) is 0 Å². The van der Waals surface area contributed by atoms with E-state index in [9.17, 15) is 13.2 Å². The third-order valence-corrected chi connectivity index (χ3v) is 10.9. The van der Waals surface area contributed by atoms with E-state index >= 15 is 0 Å². The van der Waals surface area contributed by atoms with Gasteiger partial charge in [-0.15, -0.1) is 21.5 Å². The predicted octanol–water partition coefficient (Wildman–Crippen LogP) is 4.22. The molecule has 0 radical (unpaired) electrons. The van der Waals surface area contributed by atoms with Crippen LogP contribution in [0.2, 0.25) is 0 Å². The van der Waals surface area contributed by atoms with Gasteiger partial charge in [-0.3, -0.25) is 13.8 Å². The summed E-state index contributed by atoms with van der Waals surface area (Å²) < 4.78 is 37.3. The van der Waals surface area contributed by atoms with Crippen molar-refractivity contribution >= 4 is 38.1 Å². The molecule has 0 spiro atoms. The summed E-state index contributed by atoms with van der Waals surface area (Å²) in [5.74, 6) is 1.16. The van der Waals surface area contributed by atoms with Gasteiger partial charge in [-0.2, -0.15) is 4.31 Å². The van der Waals surface area contributed by atoms with Crippen LogP contribution in [0.15, 0.2) is 56.8 Å². The van der Waals surface area contributed by atoms with Crippen LogP contribution in [0.5, 0.6) is 0 Å². The molecule has 1 aliphatic heterocycles. The fraction of sp³-hybridized carbons (Fsp3) is 0.462. The maximum Gasteiger partial charge on any atom is 0.258 e. The van der Waals surface area contributed by atoms with Gasteiger partial charge < -0.3 is 4.74 Å². The quantitative estimate of drug-likeness (QED) is 0.234. The minimum absolute atomic E-state index is 0.0962. The van der Waals surface area contributed by atoms with Crippen LogP contribution < -0.4 is 5.56 Å². The summed E-state index contributed by atoms with van der Waals surface area (Å²) in [5.41, 5.74) is 1.33. The number of benzene rings is 1. The van der Waals surface area contributed by atoms with Gasteiger partial charge >= 0.3 is 0 Å². The summed E-state index contributed by atoms with van der Waals surface area (Å²) in [5, 5.41) is 11.7. The number of fused-ring (bicyclic) bond motifs is 1. The Morgan fingerprint density at radius 1 is 1.05 bits per heavy atom. The summed E-state index contributed by atoms with van der Waals surface area (Å²) in [6.07, 6.45) is 8.44. The summed E-state index contributed by atoms with van der Waals surface area (Å²) in [6.45, 7) is 1.49. The van der Waals surface area contributed by atoms with E-state index in [-0.39, 0.29) is 16.5 Å². The average molecular weight is 587 g/mol. The number of thiazole rings is 1. The number of aromatic nitrogens is 5. The maximum atomic E-state index is 13.4. The molecule has 0 bridgehead atoms. The van der Waals surface area contributed by atoms with Crippen LogP contribution in [0.1, 0.15) is 50.3 Å². The fourth-order valence-corrected chi connectivity index (χ4v) is 8.34. The second-order valence-corrected chi connectivity index (χ2v) is 13.5. The molecule has 13 heteroatoms. The molecule has 206 valence electrons. The summed E-state index contributed by atoms with van der Waals surface area (Å²) in [6, 6.07) is 8.81. The van der Waals surface area contributed by atoms with E-state index in [1.165, 1.54) is 40.2 Å². The molecule has 4 aromatic rings. The van der Waals surface area contributed by atoms with Gasteiger partial charge in [0.05, 0.1) is 23.8 Å². The first-order valence-corrected chi connectivity index (χ1v) is 16.5. The molecule has 4 heterocycles. The van der Waals surface area contributed by atoms with Crippen molar-refractivity contribution in [2.45, 2.75) is 60.4 Å². The number of hydrogen-bond donors (Lipinski definition) is 0. The molecule has 1 aromatic carbocycles. The molecule has 6 rings (SSSR count). The minimum atomic E-state index is -3.64. The van der Waals surface area contributed by atoms with E-state index in [1.807, 2.05) is 11.4 Å². The molecule has 1 saturated carbocycles. The smallest absolute Gasteiger partial charge is 0.258 e. The first-order chi connectivity index (χ1) is 19.0. The van der Waals surface area contributed by atoms with Crippen LogP contribution in [0.3, 0.4) is 0 Å². The normalized spacial score (nSPS) is 17.9. The second-order valence-electron chi connectivity index (χ2n) is 9.80. The number of nitrogens with zero attached hydrogens (tertiary/aromatic N) is 6. The Morgan fingerprint density at radius 2 is 1.85 bits per heavy atom. The molecule has 1 saturated heterocycles. The Kier molecular flexibility index (Phi) is 7.85. The molecule has 0 amide bonds. The van der Waals surface area contributed by atoms with Crippen molar-refractivity contribution in [3.05, 3.63) is 58.0 Å². The number of rotatable bonds is 7. The Bertz CT molecular complexity index is 1620. The van der Waals surface area contributed by atoms with E-state index in [0.717, 1.165) is 36.4 Å². The minimum Gasteiger partial charge on any atom is -0.379 e. The Balaban J connectivity index is 1.34. The highest BCUT2D eigenvalue weighted by Crippen LogP contribution is 2.36. The molecule has 10 nitrogen and oxygen atoms in total. The third-order valence-electron chi connectivity index (χ3n) is 7.26. The second kappa shape index (κ2) is 11.5. The van der Waals surface area contributed by atoms with Crippen LogP contribution in [0.4, 0.5) is 0 Å². The Hall–Kier alpha value is -2.58. The highest BCUT2D eigenvalue weighted by molar-refractivity contribution is 7.98. The molecule has 0 atom stereocenters. The van der Waals surface area contributed by atoms with Crippen LogP contribution >= 0.6 is 23.1 Å². The highest BCUT2D eigenvalue weighted by Gasteiger charge is 2.28. The Labute approximate surface area is 235 Å². The van der Waals surface area contributed by atoms with Gasteiger partial charge in [0, 0.05) is 48.1 Å². The number of ether oxygens (including phenoxy) is 1. The molecule has 1 aliphatic carbocycles. The highest BCUT2D eigenvalue weighted by atomic mass is 32.2. The standard InChI is InChI=1S/C26H30N6O4S3/c33-23-17-20(27-25-31(23)12-15-37-25)18-38-26-29-28-24(32(26)21-7-3-1-2-4-8-21)19-6-5-9-22(16-19)39(34,35)30-10-13-36-14-11-30/h5-6,9,12,15-17,21H,1-4,7-8,10-11,13-14,18H2. The van der Waals surface area contributed by atoms with Gasteiger partial charge in [0.25, 0.3) is 5.56 Å². The molecular formula is C26H30N6O4S3. The van der Waals surface area contributed by atoms with Crippen molar-refractivity contribution in [1.82, 2.24) is 28.5 Å². The van der Waals surface area contributed by atoms with Crippen molar-refractivity contribution in [2.24, 2.45) is 0 Å². The van der Waals surface area contributed by atoms with Gasteiger partial charge in [0.15, 0.2) is 15.9 Å². The first-order valence-electron chi connectivity index (χ1n) is 13.2. The van der Waals surface area contributed by atoms with Crippen molar-refractivity contribution in [3.63, 3.8) is 0 Å². The number of hydrogen-bond acceptors (Lipinski definition) is 9. The molecular weight excluding hydrogens is 557 g/mol. The summed E-state index contributed by atoms with van der Waals surface area (Å²) in [7, 11) is -3.64. The largest absolute Gasteiger partial charge is 0.379 e. The van der Waals surface area contributed by atoms with Crippen molar-refractivity contribution < 1.29 is 13.2 Å². The fourth-order valence-electron chi connectivity index (χ4n) is 5.25. The van der Waals surface area contributed by atoms with Crippen molar-refractivity contribution in [3.8, 4) is 11.4 Å². The molecule has 2 fully saturated rings. The number of sulfonamides is 1. The third kappa shape index (κ3) is 5.55. The zero-order chi connectivity index (χ0) is 26.8. The summed E-state index contributed by atoms with van der Waals surface area (Å²) >= 11 is 2.94. The van der Waals surface area contributed by atoms with E-state index in [1.54, 1.807) is 34.9 Å². The van der Waals surface area contributed by atoms with E-state index in [0.29, 0.717) is 48.5 Å². The molecule has 3 aromatic heterocycles. The maximum absolute atomic E-state index is 13.4. The van der Waals surface area contributed by atoms with Gasteiger partial charge in [-0.05, 0) is 25.0 Å². The van der Waals surface area contributed by atoms with E-state index < -0.39 is 10.0 Å².